The molecule has 1 heterocycles. The van der Waals surface area contributed by atoms with Crippen molar-refractivity contribution in [2.75, 3.05) is 13.2 Å². The van der Waals surface area contributed by atoms with Crippen LogP contribution in [0.1, 0.15) is 37.8 Å². The van der Waals surface area contributed by atoms with E-state index in [9.17, 15) is 14.7 Å². The minimum atomic E-state index is -0.868. The van der Waals surface area contributed by atoms with Gasteiger partial charge in [0, 0.05) is 11.1 Å². The molecule has 2 atom stereocenters. The highest BCUT2D eigenvalue weighted by Crippen LogP contribution is 2.37. The molecule has 7 heteroatoms. The molecule has 2 N–H and O–H groups in total. The molecule has 4 rings (SSSR count). The lowest BCUT2D eigenvalue weighted by atomic mass is 9.73. The smallest absolute Gasteiger partial charge is 0.306 e. The maximum Gasteiger partial charge on any atom is 0.306 e. The molecule has 1 aliphatic heterocycles. The quantitative estimate of drug-likeness (QED) is 0.350. The van der Waals surface area contributed by atoms with Gasteiger partial charge in [0.15, 0.2) is 0 Å². The molecular weight excluding hydrogens is 485 g/mol. The summed E-state index contributed by atoms with van der Waals surface area (Å²) >= 11 is 0. The third-order valence-corrected chi connectivity index (χ3v) is 6.93. The monoisotopic (exact) mass is 519 g/mol. The fraction of sp³-hybridized carbons (Fsp3) is 0.355. The maximum atomic E-state index is 15.9. The van der Waals surface area contributed by atoms with Crippen LogP contribution >= 0.6 is 0 Å². The Balaban J connectivity index is 1.66. The van der Waals surface area contributed by atoms with E-state index in [0.717, 1.165) is 5.56 Å². The zero-order valence-corrected chi connectivity index (χ0v) is 21.8. The summed E-state index contributed by atoms with van der Waals surface area (Å²) in [5, 5.41) is 13.4. The number of benzene rings is 3. The minimum absolute atomic E-state index is 0.0196. The number of hydrogen-bond acceptors (Lipinski definition) is 5. The van der Waals surface area contributed by atoms with Crippen molar-refractivity contribution in [3.63, 3.8) is 0 Å². The predicted octanol–water partition coefficient (Wildman–Crippen LogP) is 5.42. The van der Waals surface area contributed by atoms with Crippen LogP contribution in [0.3, 0.4) is 0 Å². The van der Waals surface area contributed by atoms with E-state index in [0.29, 0.717) is 17.5 Å². The molecule has 0 spiro atoms. The Morgan fingerprint density at radius 3 is 2.47 bits per heavy atom. The standard InChI is InChI=1S/C31H34FNO5/c1-21(2)17-31(20-37-19-28(35)33-31)24(16-29(36)38-18-22-9-4-3-5-10-22)15-23-11-8-13-26(30(23)32)25-12-6-7-14-27(25)34/h3-14,21,24,34H,15-20H2,1-2H3,(H,33,35). The van der Waals surface area contributed by atoms with Gasteiger partial charge in [0.25, 0.3) is 0 Å². The van der Waals surface area contributed by atoms with Crippen molar-refractivity contribution in [1.82, 2.24) is 5.32 Å². The van der Waals surface area contributed by atoms with Gasteiger partial charge in [-0.2, -0.15) is 0 Å². The number of aromatic hydroxyl groups is 1. The fourth-order valence-corrected chi connectivity index (χ4v) is 5.27. The molecule has 3 aromatic carbocycles. The number of para-hydroxylation sites is 1. The van der Waals surface area contributed by atoms with Gasteiger partial charge in [-0.15, -0.1) is 0 Å². The van der Waals surface area contributed by atoms with E-state index >= 15 is 4.39 Å². The zero-order chi connectivity index (χ0) is 27.1. The SMILES string of the molecule is CC(C)CC1(C(CC(=O)OCc2ccccc2)Cc2cccc(-c3ccccc3O)c2F)COCC(=O)N1. The Hall–Kier alpha value is -3.71. The average Bonchev–Trinajstić information content (AvgIpc) is 2.89. The number of carbonyl (C=O) groups is 2. The second-order valence-corrected chi connectivity index (χ2v) is 10.3. The van der Waals surface area contributed by atoms with Crippen molar-refractivity contribution < 1.29 is 28.6 Å². The molecule has 1 fully saturated rings. The molecule has 3 aromatic rings. The van der Waals surface area contributed by atoms with Crippen molar-refractivity contribution in [2.45, 2.75) is 45.3 Å². The van der Waals surface area contributed by atoms with Crippen LogP contribution in [0.5, 0.6) is 5.75 Å². The molecule has 0 bridgehead atoms. The van der Waals surface area contributed by atoms with E-state index in [1.165, 1.54) is 6.07 Å². The number of halogens is 1. The zero-order valence-electron chi connectivity index (χ0n) is 21.8. The van der Waals surface area contributed by atoms with Crippen LogP contribution in [0.2, 0.25) is 0 Å². The lowest BCUT2D eigenvalue weighted by Crippen LogP contribution is -2.62. The fourth-order valence-electron chi connectivity index (χ4n) is 5.27. The summed E-state index contributed by atoms with van der Waals surface area (Å²) in [6.45, 7) is 4.36. The third kappa shape index (κ3) is 6.58. The normalized spacial score (nSPS) is 18.2. The molecule has 0 saturated carbocycles. The van der Waals surface area contributed by atoms with E-state index in [-0.39, 0.29) is 55.8 Å². The minimum Gasteiger partial charge on any atom is -0.507 e. The lowest BCUT2D eigenvalue weighted by Gasteiger charge is -2.45. The molecule has 0 aromatic heterocycles. The summed E-state index contributed by atoms with van der Waals surface area (Å²) in [6.07, 6.45) is 0.698. The van der Waals surface area contributed by atoms with Gasteiger partial charge in [-0.3, -0.25) is 9.59 Å². The number of morpholine rings is 1. The van der Waals surface area contributed by atoms with Gasteiger partial charge in [-0.25, -0.2) is 4.39 Å². The molecule has 1 saturated heterocycles. The van der Waals surface area contributed by atoms with Crippen molar-refractivity contribution in [3.05, 3.63) is 89.7 Å². The number of carbonyl (C=O) groups excluding carboxylic acids is 2. The summed E-state index contributed by atoms with van der Waals surface area (Å²) in [6, 6.07) is 21.0. The van der Waals surface area contributed by atoms with Crippen LogP contribution in [-0.2, 0) is 32.1 Å². The highest BCUT2D eigenvalue weighted by Gasteiger charge is 2.44. The van der Waals surface area contributed by atoms with Crippen molar-refractivity contribution in [3.8, 4) is 16.9 Å². The van der Waals surface area contributed by atoms with E-state index in [1.807, 2.05) is 44.2 Å². The van der Waals surface area contributed by atoms with Crippen LogP contribution in [0.4, 0.5) is 4.39 Å². The summed E-state index contributed by atoms with van der Waals surface area (Å²) < 4.78 is 27.2. The molecule has 200 valence electrons. The van der Waals surface area contributed by atoms with Gasteiger partial charge >= 0.3 is 5.97 Å². The molecule has 38 heavy (non-hydrogen) atoms. The summed E-state index contributed by atoms with van der Waals surface area (Å²) in [4.78, 5) is 25.6. The number of esters is 1. The number of ether oxygens (including phenoxy) is 2. The number of rotatable bonds is 10. The van der Waals surface area contributed by atoms with Gasteiger partial charge in [0.05, 0.1) is 18.6 Å². The van der Waals surface area contributed by atoms with Gasteiger partial charge in [0.1, 0.15) is 24.8 Å². The van der Waals surface area contributed by atoms with Gasteiger partial charge in [-0.1, -0.05) is 80.6 Å². The predicted molar refractivity (Wildman–Crippen MR) is 143 cm³/mol. The van der Waals surface area contributed by atoms with E-state index in [1.54, 1.807) is 36.4 Å². The molecule has 6 nitrogen and oxygen atoms in total. The van der Waals surface area contributed by atoms with Crippen molar-refractivity contribution in [2.24, 2.45) is 11.8 Å². The molecule has 0 aliphatic carbocycles. The number of amides is 1. The van der Waals surface area contributed by atoms with Gasteiger partial charge in [-0.05, 0) is 41.9 Å². The Bertz CT molecular complexity index is 1260. The topological polar surface area (TPSA) is 84.9 Å². The van der Waals surface area contributed by atoms with Crippen LogP contribution in [0, 0.1) is 17.7 Å². The third-order valence-electron chi connectivity index (χ3n) is 6.93. The Morgan fingerprint density at radius 2 is 1.76 bits per heavy atom. The number of nitrogens with one attached hydrogen (secondary N) is 1. The van der Waals surface area contributed by atoms with Gasteiger partial charge in [0.2, 0.25) is 5.91 Å². The van der Waals surface area contributed by atoms with Gasteiger partial charge < -0.3 is 19.9 Å². The first kappa shape index (κ1) is 27.3. The summed E-state index contributed by atoms with van der Waals surface area (Å²) in [7, 11) is 0. The largest absolute Gasteiger partial charge is 0.507 e. The summed E-state index contributed by atoms with van der Waals surface area (Å²) in [5.74, 6) is -1.50. The second-order valence-electron chi connectivity index (χ2n) is 10.3. The van der Waals surface area contributed by atoms with Crippen LogP contribution in [0.15, 0.2) is 72.8 Å². The molecule has 0 radical (unpaired) electrons. The average molecular weight is 520 g/mol. The maximum absolute atomic E-state index is 15.9. The Morgan fingerprint density at radius 1 is 1.05 bits per heavy atom. The van der Waals surface area contributed by atoms with Crippen LogP contribution in [0.25, 0.3) is 11.1 Å². The lowest BCUT2D eigenvalue weighted by molar-refractivity contribution is -0.150. The molecule has 2 unspecified atom stereocenters. The van der Waals surface area contributed by atoms with Crippen LogP contribution in [-0.4, -0.2) is 35.7 Å². The Kier molecular flexibility index (Phi) is 8.79. The highest BCUT2D eigenvalue weighted by molar-refractivity contribution is 5.79. The Labute approximate surface area is 222 Å². The number of hydrogen-bond donors (Lipinski definition) is 2. The van der Waals surface area contributed by atoms with Crippen molar-refractivity contribution >= 4 is 11.9 Å². The van der Waals surface area contributed by atoms with E-state index in [2.05, 4.69) is 5.32 Å². The first-order chi connectivity index (χ1) is 18.3. The van der Waals surface area contributed by atoms with E-state index in [4.69, 9.17) is 9.47 Å². The molecule has 1 aliphatic rings. The first-order valence-electron chi connectivity index (χ1n) is 12.9. The van der Waals surface area contributed by atoms with E-state index < -0.39 is 23.2 Å². The first-order valence-corrected chi connectivity index (χ1v) is 12.9. The van der Waals surface area contributed by atoms with Crippen LogP contribution < -0.4 is 5.32 Å². The number of phenols is 1. The van der Waals surface area contributed by atoms with Crippen molar-refractivity contribution in [1.29, 1.82) is 0 Å². The molecular formula is C31H34FNO5. The highest BCUT2D eigenvalue weighted by atomic mass is 19.1. The number of phenolic OH excluding ortho intramolecular Hbond substituents is 1. The molecule has 1 amide bonds. The second kappa shape index (κ2) is 12.2. The summed E-state index contributed by atoms with van der Waals surface area (Å²) in [5.41, 5.74) is 1.04.